The van der Waals surface area contributed by atoms with Crippen LogP contribution in [-0.4, -0.2) is 26.3 Å². The molecule has 5 heteroatoms. The number of fused-ring (bicyclic) bond motifs is 2. The number of rotatable bonds is 2. The van der Waals surface area contributed by atoms with Crippen LogP contribution in [0.15, 0.2) is 4.47 Å². The van der Waals surface area contributed by atoms with Gasteiger partial charge in [-0.2, -0.15) is 0 Å². The second-order valence-electron chi connectivity index (χ2n) is 4.36. The molecule has 0 amide bonds. The van der Waals surface area contributed by atoms with E-state index in [-0.39, 0.29) is 12.4 Å². The number of methoxy groups -OCH3 is 1. The van der Waals surface area contributed by atoms with Gasteiger partial charge in [0, 0.05) is 29.5 Å². The Labute approximate surface area is 113 Å². The molecule has 0 N–H and O–H groups in total. The monoisotopic (exact) mass is 312 g/mol. The van der Waals surface area contributed by atoms with Crippen LogP contribution in [-0.2, 0) is 28.8 Å². The van der Waals surface area contributed by atoms with Gasteiger partial charge in [-0.05, 0) is 15.9 Å². The Hall–Kier alpha value is -1.23. The van der Waals surface area contributed by atoms with E-state index in [1.807, 2.05) is 0 Å². The molecular formula is C13H13BrO4. The lowest BCUT2D eigenvalue weighted by atomic mass is 9.97. The summed E-state index contributed by atoms with van der Waals surface area (Å²) in [4.78, 5) is 11.5. The topological polar surface area (TPSA) is 44.8 Å². The first-order valence-corrected chi connectivity index (χ1v) is 6.70. The van der Waals surface area contributed by atoms with Crippen molar-refractivity contribution in [3.63, 3.8) is 0 Å². The highest BCUT2D eigenvalue weighted by Gasteiger charge is 2.31. The van der Waals surface area contributed by atoms with Crippen molar-refractivity contribution in [1.29, 1.82) is 0 Å². The van der Waals surface area contributed by atoms with Crippen LogP contribution in [0.5, 0.6) is 11.5 Å². The zero-order valence-electron chi connectivity index (χ0n) is 10.0. The van der Waals surface area contributed by atoms with Gasteiger partial charge < -0.3 is 14.2 Å². The molecule has 2 aliphatic heterocycles. The Balaban J connectivity index is 2.15. The fraction of sp³-hybridized carbons (Fsp3) is 0.462. The maximum atomic E-state index is 11.5. The van der Waals surface area contributed by atoms with Gasteiger partial charge in [0.05, 0.1) is 31.2 Å². The predicted octanol–water partition coefficient (Wildman–Crippen LogP) is 2.03. The van der Waals surface area contributed by atoms with Crippen molar-refractivity contribution < 1.29 is 19.0 Å². The van der Waals surface area contributed by atoms with Crippen molar-refractivity contribution in [3.05, 3.63) is 21.2 Å². The molecule has 96 valence electrons. The van der Waals surface area contributed by atoms with Gasteiger partial charge in [0.25, 0.3) is 0 Å². The van der Waals surface area contributed by atoms with E-state index in [9.17, 15) is 4.79 Å². The average molecular weight is 313 g/mol. The summed E-state index contributed by atoms with van der Waals surface area (Å²) >= 11 is 3.58. The van der Waals surface area contributed by atoms with E-state index < -0.39 is 0 Å². The molecule has 1 aromatic rings. The predicted molar refractivity (Wildman–Crippen MR) is 68.3 cm³/mol. The molecule has 2 aliphatic rings. The summed E-state index contributed by atoms with van der Waals surface area (Å²) in [6.45, 7) is 1.32. The lowest BCUT2D eigenvalue weighted by Gasteiger charge is -2.14. The Bertz CT molecular complexity index is 489. The number of esters is 1. The lowest BCUT2D eigenvalue weighted by molar-refractivity contribution is -0.139. The fourth-order valence-corrected chi connectivity index (χ4v) is 3.28. The maximum Gasteiger partial charge on any atom is 0.310 e. The van der Waals surface area contributed by atoms with Crippen LogP contribution >= 0.6 is 15.9 Å². The maximum absolute atomic E-state index is 11.5. The molecule has 0 saturated heterocycles. The number of ether oxygens (including phenoxy) is 3. The van der Waals surface area contributed by atoms with E-state index in [2.05, 4.69) is 15.9 Å². The molecule has 0 spiro atoms. The molecule has 0 fully saturated rings. The van der Waals surface area contributed by atoms with Gasteiger partial charge in [-0.3, -0.25) is 4.79 Å². The quantitative estimate of drug-likeness (QED) is 0.784. The Morgan fingerprint density at radius 1 is 1.22 bits per heavy atom. The molecule has 2 heterocycles. The van der Waals surface area contributed by atoms with Gasteiger partial charge in [-0.25, -0.2) is 0 Å². The van der Waals surface area contributed by atoms with E-state index >= 15 is 0 Å². The highest BCUT2D eigenvalue weighted by atomic mass is 79.9. The molecule has 0 saturated carbocycles. The molecule has 3 rings (SSSR count). The molecule has 0 unspecified atom stereocenters. The van der Waals surface area contributed by atoms with Crippen molar-refractivity contribution in [2.45, 2.75) is 19.3 Å². The molecule has 0 radical (unpaired) electrons. The van der Waals surface area contributed by atoms with Crippen LogP contribution < -0.4 is 9.47 Å². The van der Waals surface area contributed by atoms with Crippen LogP contribution in [0.4, 0.5) is 0 Å². The van der Waals surface area contributed by atoms with Crippen LogP contribution in [0.1, 0.15) is 16.7 Å². The molecule has 18 heavy (non-hydrogen) atoms. The number of carbonyl (C=O) groups excluding carboxylic acids is 1. The van der Waals surface area contributed by atoms with E-state index in [1.54, 1.807) is 0 Å². The number of halogens is 1. The lowest BCUT2D eigenvalue weighted by Crippen LogP contribution is -2.08. The second kappa shape index (κ2) is 4.46. The van der Waals surface area contributed by atoms with Crippen LogP contribution in [0.25, 0.3) is 0 Å². The SMILES string of the molecule is COC(=O)Cc1c2c(c(Br)c3c1OCC3)OCC2. The summed E-state index contributed by atoms with van der Waals surface area (Å²) in [5.74, 6) is 1.47. The van der Waals surface area contributed by atoms with Crippen LogP contribution in [0.3, 0.4) is 0 Å². The number of hydrogen-bond donors (Lipinski definition) is 0. The summed E-state index contributed by atoms with van der Waals surface area (Å²) in [7, 11) is 1.40. The van der Waals surface area contributed by atoms with E-state index in [0.29, 0.717) is 13.2 Å². The van der Waals surface area contributed by atoms with Crippen LogP contribution in [0, 0.1) is 0 Å². The second-order valence-corrected chi connectivity index (χ2v) is 5.15. The molecular weight excluding hydrogens is 300 g/mol. The molecule has 0 atom stereocenters. The summed E-state index contributed by atoms with van der Waals surface area (Å²) in [6.07, 6.45) is 1.91. The third-order valence-electron chi connectivity index (χ3n) is 3.40. The average Bonchev–Trinajstić information content (AvgIpc) is 3.02. The minimum absolute atomic E-state index is 0.246. The number of carbonyl (C=O) groups is 1. The van der Waals surface area contributed by atoms with Gasteiger partial charge >= 0.3 is 5.97 Å². The number of benzene rings is 1. The third kappa shape index (κ3) is 1.68. The van der Waals surface area contributed by atoms with Crippen molar-refractivity contribution in [2.24, 2.45) is 0 Å². The highest BCUT2D eigenvalue weighted by molar-refractivity contribution is 9.10. The Morgan fingerprint density at radius 2 is 1.89 bits per heavy atom. The fourth-order valence-electron chi connectivity index (χ4n) is 2.55. The zero-order chi connectivity index (χ0) is 12.7. The van der Waals surface area contributed by atoms with Gasteiger partial charge in [0.15, 0.2) is 0 Å². The summed E-state index contributed by atoms with van der Waals surface area (Å²) in [5.41, 5.74) is 3.12. The third-order valence-corrected chi connectivity index (χ3v) is 4.24. The summed E-state index contributed by atoms with van der Waals surface area (Å²) in [5, 5.41) is 0. The molecule has 4 nitrogen and oxygen atoms in total. The minimum Gasteiger partial charge on any atom is -0.493 e. The Morgan fingerprint density at radius 3 is 2.61 bits per heavy atom. The summed E-state index contributed by atoms with van der Waals surface area (Å²) < 4.78 is 17.1. The van der Waals surface area contributed by atoms with Crippen molar-refractivity contribution in [2.75, 3.05) is 20.3 Å². The van der Waals surface area contributed by atoms with Crippen LogP contribution in [0.2, 0.25) is 0 Å². The number of hydrogen-bond acceptors (Lipinski definition) is 4. The van der Waals surface area contributed by atoms with E-state index in [4.69, 9.17) is 14.2 Å². The zero-order valence-corrected chi connectivity index (χ0v) is 11.6. The smallest absolute Gasteiger partial charge is 0.310 e. The van der Waals surface area contributed by atoms with Crippen molar-refractivity contribution >= 4 is 21.9 Å². The molecule has 0 bridgehead atoms. The standard InChI is InChI=1S/C13H13BrO4/c1-16-10(15)6-9-7-2-4-18-13(7)11(14)8-3-5-17-12(8)9/h2-6H2,1H3. The first kappa shape index (κ1) is 11.8. The minimum atomic E-state index is -0.246. The van der Waals surface area contributed by atoms with E-state index in [1.165, 1.54) is 7.11 Å². The van der Waals surface area contributed by atoms with Gasteiger partial charge in [0.1, 0.15) is 11.5 Å². The van der Waals surface area contributed by atoms with Crippen molar-refractivity contribution in [3.8, 4) is 11.5 Å². The first-order chi connectivity index (χ1) is 8.72. The van der Waals surface area contributed by atoms with Crippen molar-refractivity contribution in [1.82, 2.24) is 0 Å². The van der Waals surface area contributed by atoms with Gasteiger partial charge in [0.2, 0.25) is 0 Å². The Kier molecular flexibility index (Phi) is 2.93. The molecule has 0 aromatic heterocycles. The van der Waals surface area contributed by atoms with Gasteiger partial charge in [-0.1, -0.05) is 0 Å². The molecule has 1 aromatic carbocycles. The largest absolute Gasteiger partial charge is 0.493 e. The first-order valence-electron chi connectivity index (χ1n) is 5.91. The molecule has 0 aliphatic carbocycles. The van der Waals surface area contributed by atoms with E-state index in [0.717, 1.165) is 45.5 Å². The summed E-state index contributed by atoms with van der Waals surface area (Å²) in [6, 6.07) is 0. The van der Waals surface area contributed by atoms with Gasteiger partial charge in [-0.15, -0.1) is 0 Å². The normalized spacial score (nSPS) is 15.7. The highest BCUT2D eigenvalue weighted by Crippen LogP contribution is 2.47.